The van der Waals surface area contributed by atoms with Crippen LogP contribution in [0.2, 0.25) is 0 Å². The monoisotopic (exact) mass is 419 g/mol. The van der Waals surface area contributed by atoms with Crippen molar-refractivity contribution in [2.45, 2.75) is 5.75 Å². The molecule has 0 bridgehead atoms. The summed E-state index contributed by atoms with van der Waals surface area (Å²) < 4.78 is 15.8. The van der Waals surface area contributed by atoms with Crippen molar-refractivity contribution in [2.24, 2.45) is 5.10 Å². The van der Waals surface area contributed by atoms with Gasteiger partial charge in [-0.25, -0.2) is 5.43 Å². The van der Waals surface area contributed by atoms with E-state index in [0.717, 1.165) is 5.56 Å². The lowest BCUT2D eigenvalue weighted by Gasteiger charge is -2.12. The molecule has 0 aliphatic rings. The summed E-state index contributed by atoms with van der Waals surface area (Å²) in [6.45, 7) is 0. The van der Waals surface area contributed by atoms with Crippen LogP contribution in [-0.2, 0) is 10.5 Å². The van der Waals surface area contributed by atoms with Gasteiger partial charge in [0.2, 0.25) is 11.7 Å². The first-order valence-corrected chi connectivity index (χ1v) is 9.57. The molecule has 0 unspecified atom stereocenters. The zero-order chi connectivity index (χ0) is 21.2. The lowest BCUT2D eigenvalue weighted by Crippen LogP contribution is -2.19. The first-order valence-electron chi connectivity index (χ1n) is 8.41. The number of benzene rings is 2. The summed E-state index contributed by atoms with van der Waals surface area (Å²) in [5.74, 6) is 1.93. The Morgan fingerprint density at radius 2 is 1.76 bits per heavy atom. The van der Waals surface area contributed by atoms with E-state index in [1.165, 1.54) is 51.4 Å². The maximum Gasteiger partial charge on any atom is 0.269 e. The predicted octanol–water partition coefficient (Wildman–Crippen LogP) is 3.00. The molecule has 2 rings (SSSR count). The van der Waals surface area contributed by atoms with Crippen molar-refractivity contribution in [1.82, 2.24) is 5.43 Å². The van der Waals surface area contributed by atoms with E-state index >= 15 is 0 Å². The molecule has 0 aromatic heterocycles. The molecule has 0 fully saturated rings. The SMILES string of the molecule is COc1cc(/C=N\NC(=O)CSCc2ccc([N+](=O)[O-])cc2)cc(OC)c1OC. The van der Waals surface area contributed by atoms with Gasteiger partial charge in [0.25, 0.3) is 5.69 Å². The Morgan fingerprint density at radius 1 is 1.14 bits per heavy atom. The highest BCUT2D eigenvalue weighted by Crippen LogP contribution is 2.37. The predicted molar refractivity (Wildman–Crippen MR) is 111 cm³/mol. The third-order valence-corrected chi connectivity index (χ3v) is 4.74. The van der Waals surface area contributed by atoms with Gasteiger partial charge < -0.3 is 14.2 Å². The Kier molecular flexibility index (Phi) is 8.28. The second kappa shape index (κ2) is 10.9. The number of nitrogens with zero attached hydrogens (tertiary/aromatic N) is 2. The Hall–Kier alpha value is -3.27. The van der Waals surface area contributed by atoms with Crippen LogP contribution in [0.15, 0.2) is 41.5 Å². The van der Waals surface area contributed by atoms with Crippen molar-refractivity contribution in [3.05, 3.63) is 57.6 Å². The Bertz CT molecular complexity index is 861. The normalized spacial score (nSPS) is 10.6. The van der Waals surface area contributed by atoms with E-state index < -0.39 is 4.92 Å². The van der Waals surface area contributed by atoms with Crippen LogP contribution in [0, 0.1) is 10.1 Å². The molecular formula is C19H21N3O6S. The van der Waals surface area contributed by atoms with Gasteiger partial charge in [0.1, 0.15) is 0 Å². The first-order chi connectivity index (χ1) is 14.0. The number of carbonyl (C=O) groups is 1. The van der Waals surface area contributed by atoms with E-state index in [4.69, 9.17) is 14.2 Å². The minimum Gasteiger partial charge on any atom is -0.493 e. The molecule has 154 valence electrons. The van der Waals surface area contributed by atoms with Crippen LogP contribution in [0.25, 0.3) is 0 Å². The molecule has 29 heavy (non-hydrogen) atoms. The number of amides is 1. The summed E-state index contributed by atoms with van der Waals surface area (Å²) in [5.41, 5.74) is 4.05. The van der Waals surface area contributed by atoms with Crippen LogP contribution >= 0.6 is 11.8 Å². The number of nitro benzene ring substituents is 1. The maximum absolute atomic E-state index is 11.9. The van der Waals surface area contributed by atoms with Crippen LogP contribution in [0.1, 0.15) is 11.1 Å². The molecule has 1 amide bonds. The number of hydrazone groups is 1. The number of methoxy groups -OCH3 is 3. The molecule has 0 heterocycles. The Balaban J connectivity index is 1.85. The highest BCUT2D eigenvalue weighted by Gasteiger charge is 2.12. The topological polar surface area (TPSA) is 112 Å². The zero-order valence-corrected chi connectivity index (χ0v) is 17.0. The molecule has 9 nitrogen and oxygen atoms in total. The first kappa shape index (κ1) is 22.0. The molecular weight excluding hydrogens is 398 g/mol. The fourth-order valence-electron chi connectivity index (χ4n) is 2.36. The van der Waals surface area contributed by atoms with Crippen molar-refractivity contribution in [2.75, 3.05) is 27.1 Å². The number of ether oxygens (including phenoxy) is 3. The van der Waals surface area contributed by atoms with E-state index in [0.29, 0.717) is 28.6 Å². The third-order valence-electron chi connectivity index (χ3n) is 3.74. The van der Waals surface area contributed by atoms with Crippen molar-refractivity contribution in [3.8, 4) is 17.2 Å². The number of hydrogen-bond acceptors (Lipinski definition) is 8. The molecule has 0 radical (unpaired) electrons. The number of non-ortho nitro benzene ring substituents is 1. The standard InChI is InChI=1S/C19H21N3O6S/c1-26-16-8-14(9-17(27-2)19(16)28-3)10-20-21-18(23)12-29-11-13-4-6-15(7-5-13)22(24)25/h4-10H,11-12H2,1-3H3,(H,21,23)/b20-10-. The van der Waals surface area contributed by atoms with Crippen LogP contribution < -0.4 is 19.6 Å². The number of hydrogen-bond donors (Lipinski definition) is 1. The van der Waals surface area contributed by atoms with E-state index in [1.807, 2.05) is 0 Å². The van der Waals surface area contributed by atoms with Crippen molar-refractivity contribution < 1.29 is 23.9 Å². The molecule has 0 spiro atoms. The fourth-order valence-corrected chi connectivity index (χ4v) is 3.14. The number of rotatable bonds is 10. The van der Waals surface area contributed by atoms with Crippen LogP contribution in [-0.4, -0.2) is 44.1 Å². The number of nitro groups is 1. The Labute approximate surface area is 172 Å². The fraction of sp³-hybridized carbons (Fsp3) is 0.263. The van der Waals surface area contributed by atoms with Gasteiger partial charge in [0.05, 0.1) is 38.2 Å². The highest BCUT2D eigenvalue weighted by atomic mass is 32.2. The summed E-state index contributed by atoms with van der Waals surface area (Å²) in [6.07, 6.45) is 1.48. The minimum absolute atomic E-state index is 0.0395. The average molecular weight is 419 g/mol. The summed E-state index contributed by atoms with van der Waals surface area (Å²) in [7, 11) is 4.55. The van der Waals surface area contributed by atoms with Crippen molar-refractivity contribution in [1.29, 1.82) is 0 Å². The van der Waals surface area contributed by atoms with E-state index in [-0.39, 0.29) is 17.3 Å². The van der Waals surface area contributed by atoms with Crippen LogP contribution in [0.5, 0.6) is 17.2 Å². The van der Waals surface area contributed by atoms with E-state index in [1.54, 1.807) is 24.3 Å². The average Bonchev–Trinajstić information content (AvgIpc) is 2.73. The number of carbonyl (C=O) groups excluding carboxylic acids is 1. The quantitative estimate of drug-likeness (QED) is 0.358. The lowest BCUT2D eigenvalue weighted by molar-refractivity contribution is -0.384. The smallest absolute Gasteiger partial charge is 0.269 e. The molecule has 0 saturated heterocycles. The van der Waals surface area contributed by atoms with Crippen molar-refractivity contribution >= 4 is 29.6 Å². The van der Waals surface area contributed by atoms with Gasteiger partial charge in [-0.3, -0.25) is 14.9 Å². The number of thioether (sulfide) groups is 1. The van der Waals surface area contributed by atoms with Gasteiger partial charge in [-0.2, -0.15) is 5.10 Å². The van der Waals surface area contributed by atoms with E-state index in [9.17, 15) is 14.9 Å². The maximum atomic E-state index is 11.9. The largest absolute Gasteiger partial charge is 0.493 e. The Morgan fingerprint density at radius 3 is 2.28 bits per heavy atom. The molecule has 1 N–H and O–H groups in total. The minimum atomic E-state index is -0.448. The van der Waals surface area contributed by atoms with Gasteiger partial charge >= 0.3 is 0 Å². The molecule has 0 aliphatic carbocycles. The zero-order valence-electron chi connectivity index (χ0n) is 16.2. The highest BCUT2D eigenvalue weighted by molar-refractivity contribution is 7.99. The van der Waals surface area contributed by atoms with E-state index in [2.05, 4.69) is 10.5 Å². The van der Waals surface area contributed by atoms with Gasteiger partial charge in [0, 0.05) is 23.4 Å². The molecule has 2 aromatic rings. The van der Waals surface area contributed by atoms with Gasteiger partial charge in [-0.05, 0) is 17.7 Å². The summed E-state index contributed by atoms with van der Waals surface area (Å²) >= 11 is 1.38. The van der Waals surface area contributed by atoms with Gasteiger partial charge in [0.15, 0.2) is 11.5 Å². The molecule has 0 atom stereocenters. The second-order valence-electron chi connectivity index (χ2n) is 5.67. The third kappa shape index (κ3) is 6.39. The van der Waals surface area contributed by atoms with Gasteiger partial charge in [-0.15, -0.1) is 11.8 Å². The molecule has 0 aliphatic heterocycles. The summed E-state index contributed by atoms with van der Waals surface area (Å²) in [6, 6.07) is 9.65. The van der Waals surface area contributed by atoms with Gasteiger partial charge in [-0.1, -0.05) is 12.1 Å². The number of nitrogens with one attached hydrogen (secondary N) is 1. The summed E-state index contributed by atoms with van der Waals surface area (Å²) in [4.78, 5) is 22.1. The second-order valence-corrected chi connectivity index (χ2v) is 6.65. The molecule has 2 aromatic carbocycles. The van der Waals surface area contributed by atoms with Crippen LogP contribution in [0.4, 0.5) is 5.69 Å². The molecule has 0 saturated carbocycles. The molecule has 10 heteroatoms. The summed E-state index contributed by atoms with van der Waals surface area (Å²) in [5, 5.41) is 14.6. The van der Waals surface area contributed by atoms with Crippen molar-refractivity contribution in [3.63, 3.8) is 0 Å². The van der Waals surface area contributed by atoms with Crippen LogP contribution in [0.3, 0.4) is 0 Å². The lowest BCUT2D eigenvalue weighted by atomic mass is 10.2.